The van der Waals surface area contributed by atoms with E-state index in [9.17, 15) is 9.59 Å². The molecule has 0 saturated carbocycles. The van der Waals surface area contributed by atoms with Crippen molar-refractivity contribution in [3.63, 3.8) is 0 Å². The lowest BCUT2D eigenvalue weighted by Crippen LogP contribution is -2.06. The van der Waals surface area contributed by atoms with E-state index in [2.05, 4.69) is 0 Å². The molecule has 1 aromatic rings. The Morgan fingerprint density at radius 2 is 1.84 bits per heavy atom. The van der Waals surface area contributed by atoms with Gasteiger partial charge in [-0.2, -0.15) is 0 Å². The number of esters is 1. The van der Waals surface area contributed by atoms with Gasteiger partial charge < -0.3 is 4.74 Å². The summed E-state index contributed by atoms with van der Waals surface area (Å²) in [6, 6.07) is 2.95. The zero-order valence-corrected chi connectivity index (χ0v) is 12.6. The third-order valence-electron chi connectivity index (χ3n) is 2.38. The van der Waals surface area contributed by atoms with Crippen molar-refractivity contribution >= 4 is 46.6 Å². The maximum atomic E-state index is 12.0. The number of hydrogen-bond acceptors (Lipinski definition) is 3. The van der Waals surface area contributed by atoms with Crippen molar-refractivity contribution in [1.82, 2.24) is 0 Å². The Hall–Kier alpha value is -0.770. The number of hydrogen-bond donors (Lipinski definition) is 0. The van der Waals surface area contributed by atoms with Crippen LogP contribution in [0.15, 0.2) is 12.1 Å². The van der Waals surface area contributed by atoms with E-state index in [0.717, 1.165) is 0 Å². The average molecular weight is 324 g/mol. The highest BCUT2D eigenvalue weighted by atomic mass is 35.5. The second-order valence-electron chi connectivity index (χ2n) is 3.83. The van der Waals surface area contributed by atoms with Crippen LogP contribution in [0.2, 0.25) is 15.1 Å². The Kier molecular flexibility index (Phi) is 6.63. The van der Waals surface area contributed by atoms with Gasteiger partial charge >= 0.3 is 5.97 Å². The SMILES string of the molecule is CCOC(=O)CCCC(=O)c1cc(Cl)cc(Cl)c1Cl. The van der Waals surface area contributed by atoms with Gasteiger partial charge in [0, 0.05) is 23.4 Å². The average Bonchev–Trinajstić information content (AvgIpc) is 2.33. The molecule has 0 radical (unpaired) electrons. The molecule has 1 rings (SSSR count). The summed E-state index contributed by atoms with van der Waals surface area (Å²) < 4.78 is 4.77. The van der Waals surface area contributed by atoms with E-state index in [1.54, 1.807) is 6.92 Å². The standard InChI is InChI=1S/C13H13Cl3O3/c1-2-19-12(18)5-3-4-11(17)9-6-8(14)7-10(15)13(9)16/h6-7H,2-5H2,1H3. The van der Waals surface area contributed by atoms with Crippen molar-refractivity contribution in [2.75, 3.05) is 6.61 Å². The molecule has 3 nitrogen and oxygen atoms in total. The summed E-state index contributed by atoms with van der Waals surface area (Å²) >= 11 is 17.6. The van der Waals surface area contributed by atoms with Gasteiger partial charge in [0.2, 0.25) is 0 Å². The highest BCUT2D eigenvalue weighted by Crippen LogP contribution is 2.30. The molecule has 104 valence electrons. The maximum Gasteiger partial charge on any atom is 0.305 e. The van der Waals surface area contributed by atoms with Gasteiger partial charge in [-0.25, -0.2) is 0 Å². The molecule has 0 aromatic heterocycles. The minimum Gasteiger partial charge on any atom is -0.466 e. The van der Waals surface area contributed by atoms with Crippen molar-refractivity contribution in [3.05, 3.63) is 32.8 Å². The zero-order chi connectivity index (χ0) is 14.4. The molecule has 6 heteroatoms. The van der Waals surface area contributed by atoms with Crippen molar-refractivity contribution in [1.29, 1.82) is 0 Å². The topological polar surface area (TPSA) is 43.4 Å². The minimum absolute atomic E-state index is 0.187. The predicted octanol–water partition coefficient (Wildman–Crippen LogP) is 4.56. The van der Waals surface area contributed by atoms with Crippen molar-refractivity contribution < 1.29 is 14.3 Å². The maximum absolute atomic E-state index is 12.0. The minimum atomic E-state index is -0.314. The van der Waals surface area contributed by atoms with Gasteiger partial charge in [-0.15, -0.1) is 0 Å². The van der Waals surface area contributed by atoms with Crippen LogP contribution < -0.4 is 0 Å². The molecule has 0 saturated heterocycles. The Bertz CT molecular complexity index is 486. The molecular formula is C13H13Cl3O3. The zero-order valence-electron chi connectivity index (χ0n) is 10.3. The molecule has 0 heterocycles. The fourth-order valence-corrected chi connectivity index (χ4v) is 2.23. The van der Waals surface area contributed by atoms with Gasteiger partial charge in [-0.1, -0.05) is 34.8 Å². The fourth-order valence-electron chi connectivity index (χ4n) is 1.52. The van der Waals surface area contributed by atoms with Crippen molar-refractivity contribution in [2.45, 2.75) is 26.2 Å². The van der Waals surface area contributed by atoms with Crippen LogP contribution in [-0.4, -0.2) is 18.4 Å². The number of ketones is 1. The highest BCUT2D eigenvalue weighted by molar-refractivity contribution is 6.45. The van der Waals surface area contributed by atoms with Crippen LogP contribution in [0.5, 0.6) is 0 Å². The van der Waals surface area contributed by atoms with E-state index in [-0.39, 0.29) is 40.2 Å². The summed E-state index contributed by atoms with van der Waals surface area (Å²) in [6.07, 6.45) is 0.791. The normalized spacial score (nSPS) is 10.3. The first-order valence-corrected chi connectivity index (χ1v) is 6.92. The number of halogens is 3. The lowest BCUT2D eigenvalue weighted by Gasteiger charge is -2.06. The van der Waals surface area contributed by atoms with E-state index < -0.39 is 0 Å². The lowest BCUT2D eigenvalue weighted by molar-refractivity contribution is -0.143. The Morgan fingerprint density at radius 1 is 1.16 bits per heavy atom. The summed E-state index contributed by atoms with van der Waals surface area (Å²) in [4.78, 5) is 23.1. The van der Waals surface area contributed by atoms with E-state index >= 15 is 0 Å². The van der Waals surface area contributed by atoms with Gasteiger partial charge in [0.05, 0.1) is 16.7 Å². The molecule has 0 unspecified atom stereocenters. The Balaban J connectivity index is 2.62. The van der Waals surface area contributed by atoms with Crippen LogP contribution in [0.4, 0.5) is 0 Å². The summed E-state index contributed by atoms with van der Waals surface area (Å²) in [5, 5.41) is 0.776. The first kappa shape index (κ1) is 16.3. The molecule has 0 fully saturated rings. The molecule has 0 N–H and O–H groups in total. The first-order valence-electron chi connectivity index (χ1n) is 5.79. The predicted molar refractivity (Wildman–Crippen MR) is 76.3 cm³/mol. The van der Waals surface area contributed by atoms with E-state index in [1.165, 1.54) is 12.1 Å². The van der Waals surface area contributed by atoms with Crippen molar-refractivity contribution in [3.8, 4) is 0 Å². The molecule has 0 atom stereocenters. The number of carbonyl (C=O) groups excluding carboxylic acids is 2. The van der Waals surface area contributed by atoms with E-state index in [4.69, 9.17) is 39.5 Å². The number of carbonyl (C=O) groups is 2. The number of rotatable bonds is 6. The molecule has 0 aliphatic heterocycles. The van der Waals surface area contributed by atoms with Gasteiger partial charge in [0.25, 0.3) is 0 Å². The summed E-state index contributed by atoms with van der Waals surface area (Å²) in [5.74, 6) is -0.510. The molecule has 0 aliphatic rings. The molecule has 0 aliphatic carbocycles. The van der Waals surface area contributed by atoms with E-state index in [1.807, 2.05) is 0 Å². The quantitative estimate of drug-likeness (QED) is 0.438. The lowest BCUT2D eigenvalue weighted by atomic mass is 10.1. The van der Waals surface area contributed by atoms with Crippen LogP contribution in [0.3, 0.4) is 0 Å². The fraction of sp³-hybridized carbons (Fsp3) is 0.385. The third-order valence-corrected chi connectivity index (χ3v) is 3.40. The van der Waals surface area contributed by atoms with Gasteiger partial charge in [0.15, 0.2) is 5.78 Å². The van der Waals surface area contributed by atoms with Crippen LogP contribution in [0.1, 0.15) is 36.5 Å². The molecular weight excluding hydrogens is 310 g/mol. The van der Waals surface area contributed by atoms with Gasteiger partial charge in [-0.05, 0) is 25.5 Å². The summed E-state index contributed by atoms with van der Waals surface area (Å²) in [5.41, 5.74) is 0.281. The highest BCUT2D eigenvalue weighted by Gasteiger charge is 2.15. The molecule has 1 aromatic carbocycles. The van der Waals surface area contributed by atoms with E-state index in [0.29, 0.717) is 18.1 Å². The number of Topliss-reactive ketones (excluding diaryl/α,β-unsaturated/α-hetero) is 1. The van der Waals surface area contributed by atoms with Crippen LogP contribution >= 0.6 is 34.8 Å². The van der Waals surface area contributed by atoms with Gasteiger partial charge in [-0.3, -0.25) is 9.59 Å². The van der Waals surface area contributed by atoms with Gasteiger partial charge in [0.1, 0.15) is 0 Å². The molecule has 0 bridgehead atoms. The second-order valence-corrected chi connectivity index (χ2v) is 5.05. The third kappa shape index (κ3) is 5.01. The number of ether oxygens (including phenoxy) is 1. The van der Waals surface area contributed by atoms with Crippen LogP contribution in [0, 0.1) is 0 Å². The Labute approximate surface area is 126 Å². The molecule has 0 amide bonds. The first-order chi connectivity index (χ1) is 8.95. The molecule has 0 spiro atoms. The van der Waals surface area contributed by atoms with Crippen LogP contribution in [-0.2, 0) is 9.53 Å². The summed E-state index contributed by atoms with van der Waals surface area (Å²) in [7, 11) is 0. The summed E-state index contributed by atoms with van der Waals surface area (Å²) in [6.45, 7) is 2.07. The Morgan fingerprint density at radius 3 is 2.47 bits per heavy atom. The monoisotopic (exact) mass is 322 g/mol. The molecule has 19 heavy (non-hydrogen) atoms. The smallest absolute Gasteiger partial charge is 0.305 e. The number of benzene rings is 1. The van der Waals surface area contributed by atoms with Crippen LogP contribution in [0.25, 0.3) is 0 Å². The van der Waals surface area contributed by atoms with Crippen molar-refractivity contribution in [2.24, 2.45) is 0 Å². The largest absolute Gasteiger partial charge is 0.466 e. The second kappa shape index (κ2) is 7.73.